The van der Waals surface area contributed by atoms with Crippen molar-refractivity contribution in [1.82, 2.24) is 14.4 Å². The average molecular weight is 281 g/mol. The van der Waals surface area contributed by atoms with Crippen molar-refractivity contribution in [3.8, 4) is 0 Å². The molecule has 9 heteroatoms. The van der Waals surface area contributed by atoms with Crippen molar-refractivity contribution < 1.29 is 21.7 Å². The molecule has 0 spiro atoms. The Morgan fingerprint density at radius 3 is 2.72 bits per heavy atom. The lowest BCUT2D eigenvalue weighted by Gasteiger charge is -2.19. The van der Waals surface area contributed by atoms with E-state index in [1.54, 1.807) is 6.92 Å². The van der Waals surface area contributed by atoms with Gasteiger partial charge in [0.05, 0.1) is 12.3 Å². The van der Waals surface area contributed by atoms with Gasteiger partial charge in [-0.25, -0.2) is 17.2 Å². The molecule has 1 aliphatic rings. The molecular weight excluding hydrogens is 268 g/mol. The van der Waals surface area contributed by atoms with E-state index in [2.05, 4.69) is 10.1 Å². The maximum Gasteiger partial charge on any atom is 0.263 e. The Hall–Kier alpha value is -1.09. The summed E-state index contributed by atoms with van der Waals surface area (Å²) >= 11 is 0. The molecular formula is C9H13F2N3O3S. The van der Waals surface area contributed by atoms with E-state index >= 15 is 0 Å². The number of aromatic nitrogens is 2. The summed E-state index contributed by atoms with van der Waals surface area (Å²) in [5, 5.41) is 3.50. The van der Waals surface area contributed by atoms with Crippen LogP contribution in [0.25, 0.3) is 0 Å². The van der Waals surface area contributed by atoms with Crippen molar-refractivity contribution in [1.29, 1.82) is 0 Å². The first-order chi connectivity index (χ1) is 8.25. The van der Waals surface area contributed by atoms with Gasteiger partial charge in [0.1, 0.15) is 6.04 Å². The Balaban J connectivity index is 2.38. The summed E-state index contributed by atoms with van der Waals surface area (Å²) in [4.78, 5) is 3.84. The molecule has 2 heterocycles. The van der Waals surface area contributed by atoms with Gasteiger partial charge < -0.3 is 4.52 Å². The number of hydrogen-bond acceptors (Lipinski definition) is 5. The monoisotopic (exact) mass is 281 g/mol. The summed E-state index contributed by atoms with van der Waals surface area (Å²) in [5.74, 6) is -3.11. The molecule has 1 aromatic heterocycles. The second kappa shape index (κ2) is 4.23. The number of nitrogens with zero attached hydrogens (tertiary/aromatic N) is 3. The van der Waals surface area contributed by atoms with Gasteiger partial charge in [-0.15, -0.1) is 0 Å². The van der Waals surface area contributed by atoms with Gasteiger partial charge in [0.25, 0.3) is 5.92 Å². The fourth-order valence-electron chi connectivity index (χ4n) is 1.90. The van der Waals surface area contributed by atoms with Crippen LogP contribution in [0.15, 0.2) is 4.52 Å². The number of hydrogen-bond donors (Lipinski definition) is 0. The SMILES string of the molecule is CCS(=O)(=O)N1CC(F)(F)C[C@H]1c1nc(C)no1. The highest BCUT2D eigenvalue weighted by Crippen LogP contribution is 2.42. The van der Waals surface area contributed by atoms with Crippen molar-refractivity contribution in [2.24, 2.45) is 0 Å². The fourth-order valence-corrected chi connectivity index (χ4v) is 3.17. The summed E-state index contributed by atoms with van der Waals surface area (Å²) in [6.07, 6.45) is -0.631. The molecule has 102 valence electrons. The molecule has 0 unspecified atom stereocenters. The van der Waals surface area contributed by atoms with E-state index < -0.39 is 35.0 Å². The second-order valence-corrected chi connectivity index (χ2v) is 6.41. The predicted octanol–water partition coefficient (Wildman–Crippen LogP) is 1.11. The zero-order valence-electron chi connectivity index (χ0n) is 9.93. The maximum atomic E-state index is 13.4. The summed E-state index contributed by atoms with van der Waals surface area (Å²) in [7, 11) is -3.73. The van der Waals surface area contributed by atoms with E-state index in [9.17, 15) is 17.2 Å². The minimum atomic E-state index is -3.73. The van der Waals surface area contributed by atoms with E-state index in [1.807, 2.05) is 0 Å². The van der Waals surface area contributed by atoms with Crippen LogP contribution in [0.1, 0.15) is 31.1 Å². The highest BCUT2D eigenvalue weighted by atomic mass is 32.2. The fraction of sp³-hybridized carbons (Fsp3) is 0.778. The van der Waals surface area contributed by atoms with Gasteiger partial charge in [0, 0.05) is 6.42 Å². The van der Waals surface area contributed by atoms with Crippen LogP contribution >= 0.6 is 0 Å². The number of sulfonamides is 1. The molecule has 6 nitrogen and oxygen atoms in total. The third kappa shape index (κ3) is 2.37. The standard InChI is InChI=1S/C9H13F2N3O3S/c1-3-18(15,16)14-5-9(10,11)4-7(14)8-12-6(2)13-17-8/h7H,3-5H2,1-2H3/t7-/m0/s1. The van der Waals surface area contributed by atoms with Crippen molar-refractivity contribution >= 4 is 10.0 Å². The normalized spacial score (nSPS) is 24.6. The summed E-state index contributed by atoms with van der Waals surface area (Å²) < 4.78 is 55.9. The van der Waals surface area contributed by atoms with Crippen LogP contribution in [0.4, 0.5) is 8.78 Å². The Kier molecular flexibility index (Phi) is 3.14. The van der Waals surface area contributed by atoms with Gasteiger partial charge in [-0.05, 0) is 13.8 Å². The molecule has 0 radical (unpaired) electrons. The molecule has 0 saturated carbocycles. The van der Waals surface area contributed by atoms with Gasteiger partial charge in [0.2, 0.25) is 15.9 Å². The number of aryl methyl sites for hydroxylation is 1. The van der Waals surface area contributed by atoms with Crippen LogP contribution in [-0.2, 0) is 10.0 Å². The van der Waals surface area contributed by atoms with Crippen LogP contribution in [0.2, 0.25) is 0 Å². The van der Waals surface area contributed by atoms with Crippen LogP contribution < -0.4 is 0 Å². The molecule has 0 N–H and O–H groups in total. The van der Waals surface area contributed by atoms with Crippen LogP contribution in [0, 0.1) is 6.92 Å². The van der Waals surface area contributed by atoms with E-state index in [-0.39, 0.29) is 17.5 Å². The lowest BCUT2D eigenvalue weighted by atomic mass is 10.2. The first-order valence-corrected chi connectivity index (χ1v) is 7.03. The molecule has 0 aromatic carbocycles. The van der Waals surface area contributed by atoms with Crippen molar-refractivity contribution in [3.63, 3.8) is 0 Å². The van der Waals surface area contributed by atoms with Gasteiger partial charge in [-0.1, -0.05) is 5.16 Å². The van der Waals surface area contributed by atoms with E-state index in [0.29, 0.717) is 0 Å². The zero-order valence-corrected chi connectivity index (χ0v) is 10.7. The minimum Gasteiger partial charge on any atom is -0.338 e. The Bertz CT molecular complexity index is 543. The lowest BCUT2D eigenvalue weighted by molar-refractivity contribution is 0.0166. The van der Waals surface area contributed by atoms with Crippen molar-refractivity contribution in [2.75, 3.05) is 12.3 Å². The van der Waals surface area contributed by atoms with Crippen molar-refractivity contribution in [2.45, 2.75) is 32.2 Å². The zero-order chi connectivity index (χ0) is 13.6. The first-order valence-electron chi connectivity index (χ1n) is 5.43. The van der Waals surface area contributed by atoms with Crippen LogP contribution in [-0.4, -0.2) is 41.1 Å². The topological polar surface area (TPSA) is 76.3 Å². The molecule has 1 saturated heterocycles. The molecule has 0 bridgehead atoms. The van der Waals surface area contributed by atoms with Gasteiger partial charge >= 0.3 is 0 Å². The molecule has 1 aliphatic heterocycles. The number of halogens is 2. The van der Waals surface area contributed by atoms with Gasteiger partial charge in [-0.2, -0.15) is 9.29 Å². The third-order valence-corrected chi connectivity index (χ3v) is 4.61. The summed E-state index contributed by atoms with van der Waals surface area (Å²) in [6.45, 7) is 2.11. The second-order valence-electron chi connectivity index (χ2n) is 4.20. The Labute approximate surface area is 103 Å². The van der Waals surface area contributed by atoms with E-state index in [0.717, 1.165) is 4.31 Å². The first kappa shape index (κ1) is 13.3. The smallest absolute Gasteiger partial charge is 0.263 e. The predicted molar refractivity (Wildman–Crippen MR) is 57.5 cm³/mol. The largest absolute Gasteiger partial charge is 0.338 e. The van der Waals surface area contributed by atoms with Crippen molar-refractivity contribution in [3.05, 3.63) is 11.7 Å². The number of rotatable bonds is 3. The number of alkyl halides is 2. The molecule has 1 atom stereocenters. The Morgan fingerprint density at radius 1 is 1.56 bits per heavy atom. The van der Waals surface area contributed by atoms with E-state index in [4.69, 9.17) is 4.52 Å². The van der Waals surface area contributed by atoms with Crippen LogP contribution in [0.5, 0.6) is 0 Å². The average Bonchev–Trinajstić information content (AvgIpc) is 2.82. The van der Waals surface area contributed by atoms with Gasteiger partial charge in [-0.3, -0.25) is 0 Å². The molecule has 2 rings (SSSR count). The molecule has 0 aliphatic carbocycles. The minimum absolute atomic E-state index is 0.0818. The maximum absolute atomic E-state index is 13.4. The molecule has 0 amide bonds. The summed E-state index contributed by atoms with van der Waals surface area (Å²) in [5.41, 5.74) is 0. The Morgan fingerprint density at radius 2 is 2.22 bits per heavy atom. The third-order valence-electron chi connectivity index (χ3n) is 2.78. The molecule has 1 fully saturated rings. The van der Waals surface area contributed by atoms with Crippen LogP contribution in [0.3, 0.4) is 0 Å². The summed E-state index contributed by atoms with van der Waals surface area (Å²) in [6, 6.07) is -1.08. The quantitative estimate of drug-likeness (QED) is 0.829. The molecule has 1 aromatic rings. The highest BCUT2D eigenvalue weighted by molar-refractivity contribution is 7.89. The lowest BCUT2D eigenvalue weighted by Crippen LogP contribution is -2.34. The molecule has 18 heavy (non-hydrogen) atoms. The highest BCUT2D eigenvalue weighted by Gasteiger charge is 2.51. The van der Waals surface area contributed by atoms with E-state index in [1.165, 1.54) is 6.92 Å². The van der Waals surface area contributed by atoms with Gasteiger partial charge in [0.15, 0.2) is 5.82 Å².